The van der Waals surface area contributed by atoms with Crippen LogP contribution in [0, 0.1) is 0 Å². The Hall–Kier alpha value is -2.95. The average molecular weight is 308 g/mol. The van der Waals surface area contributed by atoms with E-state index < -0.39 is 5.97 Å². The molecule has 0 unspecified atom stereocenters. The minimum absolute atomic E-state index is 0.133. The molecule has 1 aliphatic heterocycles. The number of nitrogens with zero attached hydrogens (tertiary/aromatic N) is 2. The molecule has 1 fully saturated rings. The van der Waals surface area contributed by atoms with Gasteiger partial charge < -0.3 is 9.64 Å². The average Bonchev–Trinajstić information content (AvgIpc) is 3.01. The first kappa shape index (κ1) is 15.0. The number of benzene rings is 1. The molecule has 5 nitrogen and oxygen atoms in total. The van der Waals surface area contributed by atoms with Crippen LogP contribution in [0.15, 0.2) is 54.9 Å². The number of pyridine rings is 1. The maximum atomic E-state index is 11.8. The fourth-order valence-electron chi connectivity index (χ4n) is 2.40. The van der Waals surface area contributed by atoms with Crippen LogP contribution in [0.2, 0.25) is 0 Å². The largest absolute Gasteiger partial charge is 0.423 e. The molecule has 0 saturated carbocycles. The van der Waals surface area contributed by atoms with E-state index in [2.05, 4.69) is 4.98 Å². The van der Waals surface area contributed by atoms with E-state index in [0.717, 1.165) is 24.2 Å². The summed E-state index contributed by atoms with van der Waals surface area (Å²) in [5.41, 5.74) is 1.66. The number of anilines is 1. The topological polar surface area (TPSA) is 59.5 Å². The summed E-state index contributed by atoms with van der Waals surface area (Å²) < 4.78 is 5.23. The highest BCUT2D eigenvalue weighted by atomic mass is 16.5. The van der Waals surface area contributed by atoms with Crippen LogP contribution in [-0.2, 0) is 9.59 Å². The first-order valence-corrected chi connectivity index (χ1v) is 7.43. The molecule has 1 amide bonds. The van der Waals surface area contributed by atoms with Crippen molar-refractivity contribution in [2.24, 2.45) is 0 Å². The normalized spacial score (nSPS) is 14.4. The molecule has 0 radical (unpaired) electrons. The number of rotatable bonds is 4. The molecule has 0 atom stereocenters. The van der Waals surface area contributed by atoms with Crippen LogP contribution >= 0.6 is 0 Å². The van der Waals surface area contributed by atoms with Gasteiger partial charge >= 0.3 is 5.97 Å². The predicted octanol–water partition coefficient (Wildman–Crippen LogP) is 2.83. The zero-order valence-electron chi connectivity index (χ0n) is 12.5. The zero-order chi connectivity index (χ0) is 16.1. The second kappa shape index (κ2) is 6.87. The molecule has 0 N–H and O–H groups in total. The molecule has 2 heterocycles. The molecule has 1 aromatic heterocycles. The minimum atomic E-state index is -0.459. The highest BCUT2D eigenvalue weighted by Crippen LogP contribution is 2.24. The Morgan fingerprint density at radius 2 is 2.04 bits per heavy atom. The van der Waals surface area contributed by atoms with Gasteiger partial charge in [-0.1, -0.05) is 6.07 Å². The second-order valence-corrected chi connectivity index (χ2v) is 5.18. The van der Waals surface area contributed by atoms with E-state index in [0.29, 0.717) is 12.2 Å². The lowest BCUT2D eigenvalue weighted by Gasteiger charge is -2.15. The minimum Gasteiger partial charge on any atom is -0.423 e. The third kappa shape index (κ3) is 3.83. The summed E-state index contributed by atoms with van der Waals surface area (Å²) in [5.74, 6) is 0.120. The summed E-state index contributed by atoms with van der Waals surface area (Å²) in [7, 11) is 0. The van der Waals surface area contributed by atoms with Crippen molar-refractivity contribution in [1.29, 1.82) is 0 Å². The van der Waals surface area contributed by atoms with Crippen LogP contribution in [0.4, 0.5) is 5.69 Å². The molecular formula is C18H16N2O3. The second-order valence-electron chi connectivity index (χ2n) is 5.18. The number of hydrogen-bond acceptors (Lipinski definition) is 4. The van der Waals surface area contributed by atoms with Gasteiger partial charge in [-0.3, -0.25) is 9.78 Å². The van der Waals surface area contributed by atoms with Crippen molar-refractivity contribution >= 4 is 23.6 Å². The lowest BCUT2D eigenvalue weighted by molar-refractivity contribution is -0.128. The van der Waals surface area contributed by atoms with Crippen LogP contribution in [0.1, 0.15) is 18.4 Å². The molecule has 2 aromatic rings. The number of aromatic nitrogens is 1. The van der Waals surface area contributed by atoms with Gasteiger partial charge in [0.05, 0.1) is 0 Å². The van der Waals surface area contributed by atoms with Crippen molar-refractivity contribution in [3.63, 3.8) is 0 Å². The quantitative estimate of drug-likeness (QED) is 0.495. The van der Waals surface area contributed by atoms with Gasteiger partial charge in [-0.15, -0.1) is 0 Å². The van der Waals surface area contributed by atoms with Gasteiger partial charge in [0.15, 0.2) is 0 Å². The highest BCUT2D eigenvalue weighted by molar-refractivity contribution is 5.95. The monoisotopic (exact) mass is 308 g/mol. The van der Waals surface area contributed by atoms with Crippen molar-refractivity contribution in [3.8, 4) is 5.75 Å². The third-order valence-electron chi connectivity index (χ3n) is 3.54. The molecule has 1 saturated heterocycles. The maximum absolute atomic E-state index is 11.8. The molecular weight excluding hydrogens is 292 g/mol. The lowest BCUT2D eigenvalue weighted by atomic mass is 10.2. The van der Waals surface area contributed by atoms with Crippen molar-refractivity contribution in [2.75, 3.05) is 11.4 Å². The lowest BCUT2D eigenvalue weighted by Crippen LogP contribution is -2.23. The SMILES string of the molecule is O=C(/C=C/c1cccnc1)Oc1ccc(N2CCCC2=O)cc1. The fourth-order valence-corrected chi connectivity index (χ4v) is 2.40. The smallest absolute Gasteiger partial charge is 0.336 e. The van der Waals surface area contributed by atoms with Crippen molar-refractivity contribution in [3.05, 3.63) is 60.4 Å². The standard InChI is InChI=1S/C18H16N2O3/c21-17-4-2-12-20(17)15-6-8-16(9-7-15)23-18(22)10-5-14-3-1-11-19-13-14/h1,3,5-11,13H,2,4,12H2/b10-5+. The number of esters is 1. The van der Waals surface area contributed by atoms with Gasteiger partial charge in [0.25, 0.3) is 0 Å². The first-order chi connectivity index (χ1) is 11.2. The maximum Gasteiger partial charge on any atom is 0.336 e. The third-order valence-corrected chi connectivity index (χ3v) is 3.54. The Morgan fingerprint density at radius 3 is 2.70 bits per heavy atom. The fraction of sp³-hybridized carbons (Fsp3) is 0.167. The summed E-state index contributed by atoms with van der Waals surface area (Å²) in [6, 6.07) is 10.6. The molecule has 1 aliphatic rings. The van der Waals surface area contributed by atoms with E-state index in [1.165, 1.54) is 6.08 Å². The molecule has 23 heavy (non-hydrogen) atoms. The molecule has 1 aromatic carbocycles. The highest BCUT2D eigenvalue weighted by Gasteiger charge is 2.21. The van der Waals surface area contributed by atoms with E-state index in [-0.39, 0.29) is 5.91 Å². The number of carbonyl (C=O) groups excluding carboxylic acids is 2. The Bertz CT molecular complexity index is 724. The van der Waals surface area contributed by atoms with Gasteiger partial charge in [0, 0.05) is 37.1 Å². The van der Waals surface area contributed by atoms with E-state index in [1.807, 2.05) is 6.07 Å². The summed E-state index contributed by atoms with van der Waals surface area (Å²) in [5, 5.41) is 0. The molecule has 0 spiro atoms. The van der Waals surface area contributed by atoms with Gasteiger partial charge in [0.1, 0.15) is 5.75 Å². The molecule has 3 rings (SSSR count). The number of carbonyl (C=O) groups is 2. The van der Waals surface area contributed by atoms with Gasteiger partial charge in [0.2, 0.25) is 5.91 Å². The van der Waals surface area contributed by atoms with Crippen LogP contribution in [0.5, 0.6) is 5.75 Å². The Labute approximate surface area is 134 Å². The zero-order valence-corrected chi connectivity index (χ0v) is 12.5. The van der Waals surface area contributed by atoms with Crippen LogP contribution in [0.25, 0.3) is 6.08 Å². The van der Waals surface area contributed by atoms with Crippen molar-refractivity contribution < 1.29 is 14.3 Å². The Kier molecular flexibility index (Phi) is 4.47. The predicted molar refractivity (Wildman–Crippen MR) is 86.9 cm³/mol. The van der Waals surface area contributed by atoms with Gasteiger partial charge in [-0.2, -0.15) is 0 Å². The van der Waals surface area contributed by atoms with E-state index in [9.17, 15) is 9.59 Å². The summed E-state index contributed by atoms with van der Waals surface area (Å²) in [6.45, 7) is 0.742. The number of amides is 1. The Balaban J connectivity index is 1.61. The van der Waals surface area contributed by atoms with E-state index in [4.69, 9.17) is 4.74 Å². The van der Waals surface area contributed by atoms with Gasteiger partial charge in [-0.25, -0.2) is 4.79 Å². The molecule has 116 valence electrons. The number of hydrogen-bond donors (Lipinski definition) is 0. The van der Waals surface area contributed by atoms with Crippen molar-refractivity contribution in [1.82, 2.24) is 4.98 Å². The Morgan fingerprint density at radius 1 is 1.22 bits per heavy atom. The molecule has 0 bridgehead atoms. The van der Waals surface area contributed by atoms with E-state index in [1.54, 1.807) is 53.7 Å². The molecule has 0 aliphatic carbocycles. The summed E-state index contributed by atoms with van der Waals surface area (Å²) in [6.07, 6.45) is 7.81. The van der Waals surface area contributed by atoms with Crippen LogP contribution < -0.4 is 9.64 Å². The summed E-state index contributed by atoms with van der Waals surface area (Å²) >= 11 is 0. The first-order valence-electron chi connectivity index (χ1n) is 7.43. The summed E-state index contributed by atoms with van der Waals surface area (Å²) in [4.78, 5) is 29.2. The van der Waals surface area contributed by atoms with Crippen LogP contribution in [0.3, 0.4) is 0 Å². The number of ether oxygens (including phenoxy) is 1. The van der Waals surface area contributed by atoms with Crippen molar-refractivity contribution in [2.45, 2.75) is 12.8 Å². The van der Waals surface area contributed by atoms with Gasteiger partial charge in [-0.05, 0) is 48.4 Å². The van der Waals surface area contributed by atoms with E-state index >= 15 is 0 Å². The van der Waals surface area contributed by atoms with Crippen LogP contribution in [-0.4, -0.2) is 23.4 Å². The molecule has 5 heteroatoms.